The lowest BCUT2D eigenvalue weighted by molar-refractivity contribution is -0.140. The molecule has 5 heteroatoms. The van der Waals surface area contributed by atoms with Gasteiger partial charge in [0, 0.05) is 6.04 Å². The Hall–Kier alpha value is -0.710. The summed E-state index contributed by atoms with van der Waals surface area (Å²) in [6, 6.07) is 0.139. The molecule has 0 radical (unpaired) electrons. The standard InChI is InChI=1S/C10H17NO3S/c1-6(3-4-15-2)11-9(12)7-5-8(7)10(13)14/h6-8H,3-5H2,1-2H3,(H,11,12)(H,13,14)/t6?,7-,8+/m1/s1. The number of hydrogen-bond donors (Lipinski definition) is 2. The van der Waals surface area contributed by atoms with Crippen LogP contribution in [0.25, 0.3) is 0 Å². The van der Waals surface area contributed by atoms with Crippen molar-refractivity contribution in [3.8, 4) is 0 Å². The van der Waals surface area contributed by atoms with Gasteiger partial charge in [-0.25, -0.2) is 0 Å². The van der Waals surface area contributed by atoms with Gasteiger partial charge in [-0.1, -0.05) is 0 Å². The van der Waals surface area contributed by atoms with Gasteiger partial charge in [-0.15, -0.1) is 0 Å². The Kier molecular flexibility index (Phi) is 4.45. The summed E-state index contributed by atoms with van der Waals surface area (Å²) in [6.07, 6.45) is 3.45. The van der Waals surface area contributed by atoms with E-state index in [1.165, 1.54) is 0 Å². The summed E-state index contributed by atoms with van der Waals surface area (Å²) in [6.45, 7) is 1.95. The smallest absolute Gasteiger partial charge is 0.307 e. The fourth-order valence-corrected chi connectivity index (χ4v) is 2.06. The zero-order chi connectivity index (χ0) is 11.4. The Morgan fingerprint density at radius 1 is 1.53 bits per heavy atom. The van der Waals surface area contributed by atoms with E-state index in [-0.39, 0.29) is 17.9 Å². The van der Waals surface area contributed by atoms with Crippen LogP contribution in [0.3, 0.4) is 0 Å². The average Bonchev–Trinajstić information content (AvgIpc) is 2.93. The number of thioether (sulfide) groups is 1. The molecule has 0 aliphatic heterocycles. The van der Waals surface area contributed by atoms with E-state index in [0.29, 0.717) is 6.42 Å². The van der Waals surface area contributed by atoms with Gasteiger partial charge in [0.25, 0.3) is 0 Å². The van der Waals surface area contributed by atoms with Gasteiger partial charge in [-0.2, -0.15) is 11.8 Å². The molecule has 4 nitrogen and oxygen atoms in total. The van der Waals surface area contributed by atoms with E-state index in [4.69, 9.17) is 5.11 Å². The number of carboxylic acids is 1. The van der Waals surface area contributed by atoms with E-state index in [9.17, 15) is 9.59 Å². The first-order chi connectivity index (χ1) is 7.06. The number of hydrogen-bond acceptors (Lipinski definition) is 3. The molecule has 1 saturated carbocycles. The summed E-state index contributed by atoms with van der Waals surface area (Å²) < 4.78 is 0. The maximum absolute atomic E-state index is 11.5. The van der Waals surface area contributed by atoms with Crippen LogP contribution < -0.4 is 5.32 Å². The number of carbonyl (C=O) groups excluding carboxylic acids is 1. The molecule has 0 aromatic heterocycles. The molecule has 1 unspecified atom stereocenters. The maximum Gasteiger partial charge on any atom is 0.307 e. The molecule has 3 atom stereocenters. The molecule has 1 fully saturated rings. The average molecular weight is 231 g/mol. The molecule has 0 heterocycles. The minimum absolute atomic E-state index is 0.101. The second-order valence-corrected chi connectivity index (χ2v) is 4.96. The predicted octanol–water partition coefficient (Wildman–Crippen LogP) is 0.965. The van der Waals surface area contributed by atoms with Crippen LogP contribution in [0.4, 0.5) is 0 Å². The highest BCUT2D eigenvalue weighted by molar-refractivity contribution is 7.98. The first kappa shape index (κ1) is 12.4. The van der Waals surface area contributed by atoms with E-state index in [1.807, 2.05) is 13.2 Å². The van der Waals surface area contributed by atoms with Crippen molar-refractivity contribution in [1.29, 1.82) is 0 Å². The highest BCUT2D eigenvalue weighted by Crippen LogP contribution is 2.38. The molecule has 0 aromatic rings. The SMILES string of the molecule is CSCCC(C)NC(=O)[C@@H]1C[C@@H]1C(=O)O. The molecule has 1 amide bonds. The highest BCUT2D eigenvalue weighted by atomic mass is 32.2. The number of aliphatic carboxylic acids is 1. The quantitative estimate of drug-likeness (QED) is 0.714. The van der Waals surface area contributed by atoms with Crippen molar-refractivity contribution >= 4 is 23.6 Å². The van der Waals surface area contributed by atoms with Crippen molar-refractivity contribution in [2.75, 3.05) is 12.0 Å². The lowest BCUT2D eigenvalue weighted by atomic mass is 10.2. The molecule has 1 rings (SSSR count). The zero-order valence-corrected chi connectivity index (χ0v) is 9.84. The summed E-state index contributed by atoms with van der Waals surface area (Å²) >= 11 is 1.74. The van der Waals surface area contributed by atoms with Gasteiger partial charge in [0.05, 0.1) is 11.8 Å². The summed E-state index contributed by atoms with van der Waals surface area (Å²) in [5.41, 5.74) is 0. The molecule has 0 saturated heterocycles. The van der Waals surface area contributed by atoms with Gasteiger partial charge < -0.3 is 10.4 Å². The zero-order valence-electron chi connectivity index (χ0n) is 9.03. The fraction of sp³-hybridized carbons (Fsp3) is 0.800. The first-order valence-electron chi connectivity index (χ1n) is 5.08. The molecular weight excluding hydrogens is 214 g/mol. The summed E-state index contributed by atoms with van der Waals surface area (Å²) in [7, 11) is 0. The number of rotatable bonds is 6. The van der Waals surface area contributed by atoms with Crippen LogP contribution in [0.1, 0.15) is 19.8 Å². The molecule has 0 spiro atoms. The van der Waals surface area contributed by atoms with Crippen LogP contribution in [0.15, 0.2) is 0 Å². The Labute approximate surface area is 93.8 Å². The normalized spacial score (nSPS) is 25.7. The van der Waals surface area contributed by atoms with Gasteiger partial charge in [0.2, 0.25) is 5.91 Å². The third-order valence-electron chi connectivity index (χ3n) is 2.59. The van der Waals surface area contributed by atoms with E-state index < -0.39 is 11.9 Å². The van der Waals surface area contributed by atoms with E-state index in [0.717, 1.165) is 12.2 Å². The van der Waals surface area contributed by atoms with Crippen LogP contribution in [-0.4, -0.2) is 35.0 Å². The van der Waals surface area contributed by atoms with Crippen LogP contribution in [0, 0.1) is 11.8 Å². The largest absolute Gasteiger partial charge is 0.481 e. The minimum atomic E-state index is -0.855. The number of carboxylic acid groups (broad SMARTS) is 1. The van der Waals surface area contributed by atoms with Gasteiger partial charge in [-0.3, -0.25) is 9.59 Å². The third kappa shape index (κ3) is 3.74. The molecule has 0 bridgehead atoms. The predicted molar refractivity (Wildman–Crippen MR) is 59.8 cm³/mol. The van der Waals surface area contributed by atoms with Crippen molar-refractivity contribution in [3.63, 3.8) is 0 Å². The Bertz CT molecular complexity index is 257. The minimum Gasteiger partial charge on any atom is -0.481 e. The lowest BCUT2D eigenvalue weighted by Crippen LogP contribution is -2.34. The summed E-state index contributed by atoms with van der Waals surface area (Å²) in [5, 5.41) is 11.5. The summed E-state index contributed by atoms with van der Waals surface area (Å²) in [4.78, 5) is 22.1. The van der Waals surface area contributed by atoms with Gasteiger partial charge >= 0.3 is 5.97 Å². The van der Waals surface area contributed by atoms with Crippen molar-refractivity contribution in [2.45, 2.75) is 25.8 Å². The number of nitrogens with one attached hydrogen (secondary N) is 1. The van der Waals surface area contributed by atoms with Crippen molar-refractivity contribution in [1.82, 2.24) is 5.32 Å². The molecule has 1 aliphatic rings. The van der Waals surface area contributed by atoms with Crippen LogP contribution in [-0.2, 0) is 9.59 Å². The molecule has 15 heavy (non-hydrogen) atoms. The molecule has 2 N–H and O–H groups in total. The fourth-order valence-electron chi connectivity index (χ4n) is 1.47. The molecule has 86 valence electrons. The number of amides is 1. The third-order valence-corrected chi connectivity index (χ3v) is 3.23. The highest BCUT2D eigenvalue weighted by Gasteiger charge is 2.48. The number of carbonyl (C=O) groups is 2. The van der Waals surface area contributed by atoms with Gasteiger partial charge in [0.15, 0.2) is 0 Å². The molecule has 1 aliphatic carbocycles. The summed E-state index contributed by atoms with van der Waals surface area (Å²) in [5.74, 6) is -0.686. The van der Waals surface area contributed by atoms with Crippen molar-refractivity contribution in [2.24, 2.45) is 11.8 Å². The Balaban J connectivity index is 2.22. The Morgan fingerprint density at radius 2 is 2.20 bits per heavy atom. The van der Waals surface area contributed by atoms with Gasteiger partial charge in [-0.05, 0) is 31.8 Å². The monoisotopic (exact) mass is 231 g/mol. The van der Waals surface area contributed by atoms with Crippen molar-refractivity contribution < 1.29 is 14.7 Å². The topological polar surface area (TPSA) is 66.4 Å². The van der Waals surface area contributed by atoms with E-state index >= 15 is 0 Å². The second kappa shape index (κ2) is 5.39. The maximum atomic E-state index is 11.5. The first-order valence-corrected chi connectivity index (χ1v) is 6.47. The van der Waals surface area contributed by atoms with Crippen molar-refractivity contribution in [3.05, 3.63) is 0 Å². The van der Waals surface area contributed by atoms with Gasteiger partial charge in [0.1, 0.15) is 0 Å². The van der Waals surface area contributed by atoms with Crippen LogP contribution >= 0.6 is 11.8 Å². The molecule has 0 aromatic carbocycles. The van der Waals surface area contributed by atoms with Crippen LogP contribution in [0.5, 0.6) is 0 Å². The Morgan fingerprint density at radius 3 is 2.67 bits per heavy atom. The van der Waals surface area contributed by atoms with Crippen LogP contribution in [0.2, 0.25) is 0 Å². The second-order valence-electron chi connectivity index (χ2n) is 3.98. The van der Waals surface area contributed by atoms with E-state index in [2.05, 4.69) is 5.32 Å². The lowest BCUT2D eigenvalue weighted by Gasteiger charge is -2.12. The van der Waals surface area contributed by atoms with E-state index in [1.54, 1.807) is 11.8 Å². The molecular formula is C10H17NO3S.